The van der Waals surface area contributed by atoms with Gasteiger partial charge in [-0.1, -0.05) is 0 Å². The molecule has 0 bridgehead atoms. The molecule has 3 heterocycles. The molecular weight excluding hydrogens is 408 g/mol. The van der Waals surface area contributed by atoms with Gasteiger partial charge in [0.2, 0.25) is 10.0 Å². The van der Waals surface area contributed by atoms with Gasteiger partial charge < -0.3 is 19.5 Å². The van der Waals surface area contributed by atoms with Crippen molar-refractivity contribution in [1.29, 1.82) is 0 Å². The second kappa shape index (κ2) is 8.93. The number of hydrogen-bond donors (Lipinski definition) is 2. The van der Waals surface area contributed by atoms with Crippen LogP contribution >= 0.6 is 0 Å². The fraction of sp³-hybridized carbons (Fsp3) is 0.550. The van der Waals surface area contributed by atoms with Gasteiger partial charge in [0.1, 0.15) is 13.2 Å². The van der Waals surface area contributed by atoms with Crippen molar-refractivity contribution >= 4 is 10.0 Å². The molecule has 0 radical (unpaired) electrons. The molecule has 0 aliphatic carbocycles. The van der Waals surface area contributed by atoms with E-state index in [-0.39, 0.29) is 18.0 Å². The van der Waals surface area contributed by atoms with Gasteiger partial charge in [0.05, 0.1) is 29.9 Å². The molecule has 1 aromatic carbocycles. The molecule has 0 saturated carbocycles. The molecule has 1 saturated heterocycles. The minimum Gasteiger partial charge on any atom is -0.486 e. The van der Waals surface area contributed by atoms with E-state index in [0.717, 1.165) is 22.6 Å². The minimum absolute atomic E-state index is 0.0453. The molecule has 2 N–H and O–H groups in total. The number of sulfonamides is 1. The summed E-state index contributed by atoms with van der Waals surface area (Å²) in [7, 11) is -3.33. The first-order chi connectivity index (χ1) is 14.4. The monoisotopic (exact) mass is 436 g/mol. The fourth-order valence-corrected chi connectivity index (χ4v) is 5.34. The molecule has 1 fully saturated rings. The predicted molar refractivity (Wildman–Crippen MR) is 112 cm³/mol. The first-order valence-corrected chi connectivity index (χ1v) is 11.8. The summed E-state index contributed by atoms with van der Waals surface area (Å²) in [6.45, 7) is 6.55. The highest BCUT2D eigenvalue weighted by atomic mass is 32.2. The number of fused-ring (bicyclic) bond motifs is 1. The van der Waals surface area contributed by atoms with Crippen LogP contribution in [0, 0.1) is 0 Å². The molecular formula is C20H28N4O5S. The second-order valence-corrected chi connectivity index (χ2v) is 9.78. The van der Waals surface area contributed by atoms with Crippen molar-refractivity contribution in [3.05, 3.63) is 30.0 Å². The summed E-state index contributed by atoms with van der Waals surface area (Å²) < 4.78 is 43.7. The Labute approximate surface area is 176 Å². The number of ether oxygens (including phenoxy) is 3. The number of nitrogens with one attached hydrogen (secondary N) is 2. The topological polar surface area (TPSA) is 106 Å². The van der Waals surface area contributed by atoms with Crippen molar-refractivity contribution in [1.82, 2.24) is 19.8 Å². The number of hydrogen-bond acceptors (Lipinski definition) is 7. The summed E-state index contributed by atoms with van der Waals surface area (Å²) in [5.41, 5.74) is 2.77. The average molecular weight is 437 g/mol. The molecule has 2 atom stereocenters. The molecule has 2 aliphatic rings. The Balaban J connectivity index is 1.34. The Morgan fingerprint density at radius 1 is 1.17 bits per heavy atom. The fourth-order valence-electron chi connectivity index (χ4n) is 3.81. The van der Waals surface area contributed by atoms with E-state index >= 15 is 0 Å². The maximum Gasteiger partial charge on any atom is 0.215 e. The predicted octanol–water partition coefficient (Wildman–Crippen LogP) is 1.38. The molecule has 10 heteroatoms. The van der Waals surface area contributed by atoms with Gasteiger partial charge in [0, 0.05) is 37.3 Å². The normalized spacial score (nSPS) is 22.2. The smallest absolute Gasteiger partial charge is 0.215 e. The molecule has 9 nitrogen and oxygen atoms in total. The quantitative estimate of drug-likeness (QED) is 0.632. The third-order valence-electron chi connectivity index (χ3n) is 5.18. The van der Waals surface area contributed by atoms with Crippen LogP contribution in [0.3, 0.4) is 0 Å². The maximum atomic E-state index is 12.6. The molecule has 2 aromatic rings. The van der Waals surface area contributed by atoms with Crippen molar-refractivity contribution in [2.75, 3.05) is 38.6 Å². The van der Waals surface area contributed by atoms with Crippen LogP contribution in [0.2, 0.25) is 0 Å². The third-order valence-corrected chi connectivity index (χ3v) is 6.99. The standard InChI is InChI=1S/C20H28N4O5S/c1-14-12-24(13-15(2)29-14)30(25,26)8-5-21-10-17-11-22-23-20(17)16-3-4-18-19(9-16)28-7-6-27-18/h3-4,9,11,14-15,21H,5-8,10,12-13H2,1-2H3,(H,22,23). The lowest BCUT2D eigenvalue weighted by molar-refractivity contribution is -0.0440. The summed E-state index contributed by atoms with van der Waals surface area (Å²) in [6, 6.07) is 5.77. The zero-order valence-corrected chi connectivity index (χ0v) is 18.1. The van der Waals surface area contributed by atoms with Gasteiger partial charge in [0.25, 0.3) is 0 Å². The van der Waals surface area contributed by atoms with E-state index in [2.05, 4.69) is 15.5 Å². The number of aromatic amines is 1. The number of benzene rings is 1. The minimum atomic E-state index is -3.33. The van der Waals surface area contributed by atoms with Crippen LogP contribution in [0.15, 0.2) is 24.4 Å². The largest absolute Gasteiger partial charge is 0.486 e. The molecule has 0 spiro atoms. The molecule has 2 unspecified atom stereocenters. The Hall–Kier alpha value is -2.14. The Kier molecular flexibility index (Phi) is 6.28. The first kappa shape index (κ1) is 21.1. The first-order valence-electron chi connectivity index (χ1n) is 10.2. The van der Waals surface area contributed by atoms with Crippen molar-refractivity contribution in [2.24, 2.45) is 0 Å². The van der Waals surface area contributed by atoms with Gasteiger partial charge in [-0.05, 0) is 32.0 Å². The molecule has 0 amide bonds. The zero-order valence-electron chi connectivity index (χ0n) is 17.3. The Morgan fingerprint density at radius 3 is 2.67 bits per heavy atom. The van der Waals surface area contributed by atoms with E-state index in [1.54, 1.807) is 6.20 Å². The van der Waals surface area contributed by atoms with E-state index in [1.807, 2.05) is 32.0 Å². The van der Waals surface area contributed by atoms with E-state index in [0.29, 0.717) is 45.1 Å². The number of nitrogens with zero attached hydrogens (tertiary/aromatic N) is 2. The second-order valence-electron chi connectivity index (χ2n) is 7.70. The third kappa shape index (κ3) is 4.77. The van der Waals surface area contributed by atoms with Gasteiger partial charge >= 0.3 is 0 Å². The van der Waals surface area contributed by atoms with Crippen molar-refractivity contribution in [2.45, 2.75) is 32.6 Å². The SMILES string of the molecule is CC1CN(S(=O)(=O)CCNCc2cn[nH]c2-c2ccc3c(c2)OCCO3)CC(C)O1. The molecule has 4 rings (SSSR count). The van der Waals surface area contributed by atoms with Crippen molar-refractivity contribution in [3.63, 3.8) is 0 Å². The highest BCUT2D eigenvalue weighted by Crippen LogP contribution is 2.34. The highest BCUT2D eigenvalue weighted by Gasteiger charge is 2.30. The van der Waals surface area contributed by atoms with Gasteiger partial charge in [-0.2, -0.15) is 9.40 Å². The van der Waals surface area contributed by atoms with Gasteiger partial charge in [-0.15, -0.1) is 0 Å². The van der Waals surface area contributed by atoms with Crippen LogP contribution in [0.1, 0.15) is 19.4 Å². The molecule has 2 aliphatic heterocycles. The van der Waals surface area contributed by atoms with Crippen LogP contribution in [-0.4, -0.2) is 73.7 Å². The maximum absolute atomic E-state index is 12.6. The van der Waals surface area contributed by atoms with Gasteiger partial charge in [0.15, 0.2) is 11.5 Å². The van der Waals surface area contributed by atoms with Crippen molar-refractivity contribution in [3.8, 4) is 22.8 Å². The number of H-pyrrole nitrogens is 1. The summed E-state index contributed by atoms with van der Waals surface area (Å²) >= 11 is 0. The van der Waals surface area contributed by atoms with Crippen LogP contribution in [-0.2, 0) is 21.3 Å². The van der Waals surface area contributed by atoms with E-state index < -0.39 is 10.0 Å². The summed E-state index contributed by atoms with van der Waals surface area (Å²) in [4.78, 5) is 0. The summed E-state index contributed by atoms with van der Waals surface area (Å²) in [5.74, 6) is 1.50. The zero-order chi connectivity index (χ0) is 21.1. The van der Waals surface area contributed by atoms with Crippen LogP contribution in [0.4, 0.5) is 0 Å². The summed E-state index contributed by atoms with van der Waals surface area (Å²) in [6.07, 6.45) is 1.57. The van der Waals surface area contributed by atoms with Gasteiger partial charge in [-0.25, -0.2) is 8.42 Å². The number of aromatic nitrogens is 2. The van der Waals surface area contributed by atoms with E-state index in [4.69, 9.17) is 14.2 Å². The number of morpholine rings is 1. The molecule has 164 valence electrons. The lowest BCUT2D eigenvalue weighted by Crippen LogP contribution is -2.49. The number of rotatable bonds is 7. The Bertz CT molecular complexity index is 967. The highest BCUT2D eigenvalue weighted by molar-refractivity contribution is 7.89. The lowest BCUT2D eigenvalue weighted by atomic mass is 10.1. The van der Waals surface area contributed by atoms with Gasteiger partial charge in [-0.3, -0.25) is 5.10 Å². The van der Waals surface area contributed by atoms with Crippen LogP contribution in [0.5, 0.6) is 11.5 Å². The van der Waals surface area contributed by atoms with Crippen molar-refractivity contribution < 1.29 is 22.6 Å². The average Bonchev–Trinajstić information content (AvgIpc) is 3.19. The van der Waals surface area contributed by atoms with E-state index in [9.17, 15) is 8.42 Å². The summed E-state index contributed by atoms with van der Waals surface area (Å²) in [5, 5.41) is 10.4. The Morgan fingerprint density at radius 2 is 1.90 bits per heavy atom. The molecule has 30 heavy (non-hydrogen) atoms. The molecule has 1 aromatic heterocycles. The van der Waals surface area contributed by atoms with Crippen LogP contribution < -0.4 is 14.8 Å². The van der Waals surface area contributed by atoms with Crippen LogP contribution in [0.25, 0.3) is 11.3 Å². The lowest BCUT2D eigenvalue weighted by Gasteiger charge is -2.34. The van der Waals surface area contributed by atoms with E-state index in [1.165, 1.54) is 4.31 Å².